The lowest BCUT2D eigenvalue weighted by molar-refractivity contribution is -0.137. The van der Waals surface area contributed by atoms with E-state index < -0.39 is 11.7 Å². The lowest BCUT2D eigenvalue weighted by Gasteiger charge is -2.15. The largest absolute Gasteiger partial charge is 0.417 e. The van der Waals surface area contributed by atoms with Crippen LogP contribution in [0.5, 0.6) is 0 Å². The van der Waals surface area contributed by atoms with Crippen molar-refractivity contribution in [2.75, 3.05) is 7.05 Å². The smallest absolute Gasteiger partial charge is 0.311 e. The molecule has 2 aromatic rings. The predicted octanol–water partition coefficient (Wildman–Crippen LogP) is 1.73. The van der Waals surface area contributed by atoms with Crippen LogP contribution in [0.4, 0.5) is 13.2 Å². The molecule has 2 rings (SSSR count). The van der Waals surface area contributed by atoms with E-state index in [1.807, 2.05) is 0 Å². The summed E-state index contributed by atoms with van der Waals surface area (Å²) in [4.78, 5) is 7.98. The fraction of sp³-hybridized carbons (Fsp3) is 0.417. The van der Waals surface area contributed by atoms with Gasteiger partial charge in [0.1, 0.15) is 12.2 Å². The van der Waals surface area contributed by atoms with Crippen molar-refractivity contribution in [2.24, 2.45) is 7.05 Å². The van der Waals surface area contributed by atoms with Gasteiger partial charge in [-0.05, 0) is 19.2 Å². The summed E-state index contributed by atoms with van der Waals surface area (Å²) >= 11 is 0. The van der Waals surface area contributed by atoms with Crippen LogP contribution >= 0.6 is 0 Å². The molecular weight excluding hydrogens is 271 g/mol. The number of aromatic nitrogens is 4. The van der Waals surface area contributed by atoms with Crippen LogP contribution in [0.2, 0.25) is 0 Å². The first-order valence-electron chi connectivity index (χ1n) is 5.95. The van der Waals surface area contributed by atoms with Crippen molar-refractivity contribution in [1.82, 2.24) is 25.1 Å². The molecule has 0 amide bonds. The molecule has 0 fully saturated rings. The number of aryl methyl sites for hydroxylation is 1. The highest BCUT2D eigenvalue weighted by atomic mass is 19.4. The number of pyridine rings is 1. The van der Waals surface area contributed by atoms with Gasteiger partial charge in [-0.3, -0.25) is 9.67 Å². The Labute approximate surface area is 113 Å². The molecule has 2 heterocycles. The van der Waals surface area contributed by atoms with Gasteiger partial charge >= 0.3 is 6.18 Å². The molecule has 0 aliphatic heterocycles. The molecule has 0 radical (unpaired) electrons. The van der Waals surface area contributed by atoms with E-state index in [1.165, 1.54) is 12.4 Å². The van der Waals surface area contributed by atoms with Crippen molar-refractivity contribution in [2.45, 2.75) is 18.6 Å². The Bertz CT molecular complexity index is 561. The molecule has 108 valence electrons. The number of rotatable bonds is 4. The first kappa shape index (κ1) is 14.4. The molecule has 1 N–H and O–H groups in total. The first-order chi connectivity index (χ1) is 9.41. The molecular formula is C12H14F3N5. The monoisotopic (exact) mass is 285 g/mol. The molecule has 0 aromatic carbocycles. The summed E-state index contributed by atoms with van der Waals surface area (Å²) in [6.45, 7) is 0. The lowest BCUT2D eigenvalue weighted by atomic mass is 10.1. The van der Waals surface area contributed by atoms with Crippen LogP contribution in [0.1, 0.15) is 23.1 Å². The Hall–Kier alpha value is -1.96. The average Bonchev–Trinajstić information content (AvgIpc) is 2.80. The van der Waals surface area contributed by atoms with Gasteiger partial charge in [-0.25, -0.2) is 4.98 Å². The summed E-state index contributed by atoms with van der Waals surface area (Å²) in [6.07, 6.45) is -1.60. The summed E-state index contributed by atoms with van der Waals surface area (Å²) in [5, 5.41) is 6.97. The summed E-state index contributed by atoms with van der Waals surface area (Å²) in [7, 11) is 3.48. The first-order valence-corrected chi connectivity index (χ1v) is 5.95. The van der Waals surface area contributed by atoms with E-state index in [0.717, 1.165) is 18.1 Å². The van der Waals surface area contributed by atoms with Crippen molar-refractivity contribution in [1.29, 1.82) is 0 Å². The quantitative estimate of drug-likeness (QED) is 0.929. The second-order valence-corrected chi connectivity index (χ2v) is 4.31. The summed E-state index contributed by atoms with van der Waals surface area (Å²) in [5.41, 5.74) is -0.224. The molecule has 8 heteroatoms. The molecule has 0 saturated heterocycles. The van der Waals surface area contributed by atoms with Crippen LogP contribution in [0, 0.1) is 0 Å². The average molecular weight is 285 g/mol. The number of hydrogen-bond acceptors (Lipinski definition) is 4. The van der Waals surface area contributed by atoms with E-state index in [4.69, 9.17) is 0 Å². The van der Waals surface area contributed by atoms with E-state index in [0.29, 0.717) is 12.1 Å². The van der Waals surface area contributed by atoms with Crippen molar-refractivity contribution in [3.63, 3.8) is 0 Å². The Kier molecular flexibility index (Phi) is 4.03. The Morgan fingerprint density at radius 3 is 2.50 bits per heavy atom. The Morgan fingerprint density at radius 1 is 1.30 bits per heavy atom. The van der Waals surface area contributed by atoms with Crippen molar-refractivity contribution < 1.29 is 13.2 Å². The third-order valence-corrected chi connectivity index (χ3v) is 3.01. The molecule has 1 unspecified atom stereocenters. The highest BCUT2D eigenvalue weighted by Crippen LogP contribution is 2.29. The van der Waals surface area contributed by atoms with Gasteiger partial charge in [0, 0.05) is 19.7 Å². The standard InChI is InChI=1S/C12H14F3N5/c1-16-10(5-11-18-7-19-20(11)2)9-4-3-8(6-17-9)12(13,14)15/h3-4,6-7,10,16H,5H2,1-2H3. The second-order valence-electron chi connectivity index (χ2n) is 4.31. The molecule has 5 nitrogen and oxygen atoms in total. The van der Waals surface area contributed by atoms with Gasteiger partial charge in [-0.2, -0.15) is 18.3 Å². The number of nitrogens with zero attached hydrogens (tertiary/aromatic N) is 4. The zero-order valence-corrected chi connectivity index (χ0v) is 11.0. The fourth-order valence-corrected chi connectivity index (χ4v) is 1.82. The Morgan fingerprint density at radius 2 is 2.05 bits per heavy atom. The van der Waals surface area contributed by atoms with Crippen LogP contribution in [-0.4, -0.2) is 26.8 Å². The summed E-state index contributed by atoms with van der Waals surface area (Å²) in [6, 6.07) is 2.18. The van der Waals surface area contributed by atoms with E-state index in [1.54, 1.807) is 18.8 Å². The van der Waals surface area contributed by atoms with Gasteiger partial charge in [0.2, 0.25) is 0 Å². The number of alkyl halides is 3. The van der Waals surface area contributed by atoms with Crippen LogP contribution in [0.3, 0.4) is 0 Å². The van der Waals surface area contributed by atoms with Crippen molar-refractivity contribution >= 4 is 0 Å². The molecule has 20 heavy (non-hydrogen) atoms. The van der Waals surface area contributed by atoms with Crippen LogP contribution in [0.25, 0.3) is 0 Å². The van der Waals surface area contributed by atoms with Crippen LogP contribution in [-0.2, 0) is 19.6 Å². The molecule has 0 saturated carbocycles. The number of likely N-dealkylation sites (N-methyl/N-ethyl adjacent to an activating group) is 1. The number of nitrogens with one attached hydrogen (secondary N) is 1. The van der Waals surface area contributed by atoms with Gasteiger partial charge < -0.3 is 5.32 Å². The highest BCUT2D eigenvalue weighted by molar-refractivity contribution is 5.19. The van der Waals surface area contributed by atoms with E-state index >= 15 is 0 Å². The molecule has 0 aliphatic carbocycles. The minimum absolute atomic E-state index is 0.222. The number of halogens is 3. The highest BCUT2D eigenvalue weighted by Gasteiger charge is 2.31. The molecule has 1 atom stereocenters. The molecule has 0 spiro atoms. The van der Waals surface area contributed by atoms with Crippen molar-refractivity contribution in [3.05, 3.63) is 41.7 Å². The maximum atomic E-state index is 12.5. The van der Waals surface area contributed by atoms with Gasteiger partial charge in [-0.1, -0.05) is 0 Å². The lowest BCUT2D eigenvalue weighted by Crippen LogP contribution is -2.22. The number of hydrogen-bond donors (Lipinski definition) is 1. The van der Waals surface area contributed by atoms with E-state index in [2.05, 4.69) is 20.4 Å². The van der Waals surface area contributed by atoms with Crippen molar-refractivity contribution in [3.8, 4) is 0 Å². The van der Waals surface area contributed by atoms with Crippen LogP contribution < -0.4 is 5.32 Å². The van der Waals surface area contributed by atoms with E-state index in [-0.39, 0.29) is 6.04 Å². The summed E-state index contributed by atoms with van der Waals surface area (Å²) in [5.74, 6) is 0.728. The third-order valence-electron chi connectivity index (χ3n) is 3.01. The fourth-order valence-electron chi connectivity index (χ4n) is 1.82. The van der Waals surface area contributed by atoms with Gasteiger partial charge in [-0.15, -0.1) is 0 Å². The normalized spacial score (nSPS) is 13.4. The summed E-state index contributed by atoms with van der Waals surface area (Å²) < 4.78 is 39.1. The van der Waals surface area contributed by atoms with Gasteiger partial charge in [0.25, 0.3) is 0 Å². The van der Waals surface area contributed by atoms with E-state index in [9.17, 15) is 13.2 Å². The topological polar surface area (TPSA) is 55.6 Å². The van der Waals surface area contributed by atoms with Gasteiger partial charge in [0.05, 0.1) is 17.3 Å². The maximum Gasteiger partial charge on any atom is 0.417 e. The van der Waals surface area contributed by atoms with Crippen LogP contribution in [0.15, 0.2) is 24.7 Å². The maximum absolute atomic E-state index is 12.5. The van der Waals surface area contributed by atoms with Gasteiger partial charge in [0.15, 0.2) is 0 Å². The molecule has 2 aromatic heterocycles. The molecule has 0 aliphatic rings. The SMILES string of the molecule is CNC(Cc1ncnn1C)c1ccc(C(F)(F)F)cn1. The second kappa shape index (κ2) is 5.58. The Balaban J connectivity index is 2.18. The third kappa shape index (κ3) is 3.13. The minimum Gasteiger partial charge on any atom is -0.311 e. The zero-order valence-electron chi connectivity index (χ0n) is 11.0. The predicted molar refractivity (Wildman–Crippen MR) is 65.7 cm³/mol. The zero-order chi connectivity index (χ0) is 14.8. The minimum atomic E-state index is -4.37. The molecule has 0 bridgehead atoms.